The average molecular weight is 667 g/mol. The molecule has 3 heterocycles. The minimum Gasteiger partial charge on any atom is -0.497 e. The van der Waals surface area contributed by atoms with Gasteiger partial charge in [-0.3, -0.25) is 4.90 Å². The maximum atomic E-state index is 13.9. The van der Waals surface area contributed by atoms with E-state index < -0.39 is 0 Å². The molecule has 0 aliphatic carbocycles. The predicted molar refractivity (Wildman–Crippen MR) is 185 cm³/mol. The van der Waals surface area contributed by atoms with Gasteiger partial charge in [-0.15, -0.1) is 0 Å². The normalized spacial score (nSPS) is 17.6. The summed E-state index contributed by atoms with van der Waals surface area (Å²) in [5.41, 5.74) is 8.00. The summed E-state index contributed by atoms with van der Waals surface area (Å²) in [7, 11) is 1.64. The van der Waals surface area contributed by atoms with Gasteiger partial charge in [-0.2, -0.15) is 0 Å². The number of likely N-dealkylation sites (N-methyl/N-ethyl adjacent to an activating group) is 1. The van der Waals surface area contributed by atoms with Crippen molar-refractivity contribution in [2.24, 2.45) is 0 Å². The molecule has 49 heavy (non-hydrogen) atoms. The van der Waals surface area contributed by atoms with Gasteiger partial charge in [0, 0.05) is 37.3 Å². The minimum absolute atomic E-state index is 0.149. The highest BCUT2D eigenvalue weighted by Crippen LogP contribution is 2.41. The van der Waals surface area contributed by atoms with E-state index in [4.69, 9.17) is 23.7 Å². The second-order valence-corrected chi connectivity index (χ2v) is 12.4. The fraction of sp³-hybridized carbons (Fsp3) is 0.300. The van der Waals surface area contributed by atoms with Crippen molar-refractivity contribution < 1.29 is 32.5 Å². The number of nitrogens with zero attached hydrogens (tertiary/aromatic N) is 1. The third-order valence-corrected chi connectivity index (χ3v) is 9.11. The Balaban J connectivity index is 1.09. The molecule has 1 unspecified atom stereocenters. The van der Waals surface area contributed by atoms with Crippen molar-refractivity contribution in [1.29, 1.82) is 0 Å². The van der Waals surface area contributed by atoms with Gasteiger partial charge in [-0.05, 0) is 101 Å². The standard InChI is InChI=1S/C40H40F2N2O5/c1-3-43-20-28-23-48-38-15-13-33(19-36(38)39(28)26-4-8-30(41)9-5-26)47-25-34-22-44(16-17-46-34)21-29-24-49-37-14-12-32(45-2)18-35(37)40(29)27-6-10-31(42)11-7-27/h4-15,18-19,34,43H,3,16-17,20-25H2,1-2H3. The number of ether oxygens (including phenoxy) is 5. The van der Waals surface area contributed by atoms with Crippen LogP contribution in [0.1, 0.15) is 29.2 Å². The smallest absolute Gasteiger partial charge is 0.127 e. The molecular weight excluding hydrogens is 626 g/mol. The lowest BCUT2D eigenvalue weighted by Gasteiger charge is -2.35. The van der Waals surface area contributed by atoms with Gasteiger partial charge in [-0.25, -0.2) is 8.78 Å². The van der Waals surface area contributed by atoms with Crippen molar-refractivity contribution in [3.63, 3.8) is 0 Å². The van der Waals surface area contributed by atoms with Crippen molar-refractivity contribution in [3.05, 3.63) is 130 Å². The highest BCUT2D eigenvalue weighted by atomic mass is 19.1. The first-order chi connectivity index (χ1) is 24.0. The molecule has 0 spiro atoms. The number of fused-ring (bicyclic) bond motifs is 2. The molecule has 1 atom stereocenters. The Morgan fingerprint density at radius 2 is 1.37 bits per heavy atom. The highest BCUT2D eigenvalue weighted by Gasteiger charge is 2.28. The Kier molecular flexibility index (Phi) is 9.93. The number of morpholine rings is 1. The van der Waals surface area contributed by atoms with Crippen molar-refractivity contribution in [2.75, 3.05) is 66.3 Å². The zero-order valence-corrected chi connectivity index (χ0v) is 27.8. The molecule has 1 N–H and O–H groups in total. The van der Waals surface area contributed by atoms with Gasteiger partial charge < -0.3 is 29.0 Å². The number of hydrogen-bond acceptors (Lipinski definition) is 7. The van der Waals surface area contributed by atoms with Crippen molar-refractivity contribution in [3.8, 4) is 23.0 Å². The first-order valence-corrected chi connectivity index (χ1v) is 16.7. The molecule has 3 aliphatic heterocycles. The first-order valence-electron chi connectivity index (χ1n) is 16.7. The lowest BCUT2D eigenvalue weighted by atomic mass is 9.90. The topological polar surface area (TPSA) is 61.4 Å². The van der Waals surface area contributed by atoms with Crippen LogP contribution in [0.4, 0.5) is 8.78 Å². The molecule has 4 aromatic carbocycles. The summed E-state index contributed by atoms with van der Waals surface area (Å²) in [4.78, 5) is 2.36. The molecule has 0 radical (unpaired) electrons. The van der Waals surface area contributed by atoms with Crippen LogP contribution >= 0.6 is 0 Å². The molecule has 7 nitrogen and oxygen atoms in total. The van der Waals surface area contributed by atoms with Crippen molar-refractivity contribution in [2.45, 2.75) is 13.0 Å². The summed E-state index contributed by atoms with van der Waals surface area (Å²) < 4.78 is 58.1. The molecule has 9 heteroatoms. The summed E-state index contributed by atoms with van der Waals surface area (Å²) in [6.07, 6.45) is -0.149. The third kappa shape index (κ3) is 7.34. The summed E-state index contributed by atoms with van der Waals surface area (Å²) in [6.45, 7) is 7.50. The van der Waals surface area contributed by atoms with E-state index in [2.05, 4.69) is 17.1 Å². The maximum absolute atomic E-state index is 13.9. The van der Waals surface area contributed by atoms with E-state index in [0.29, 0.717) is 51.8 Å². The monoisotopic (exact) mass is 666 g/mol. The van der Waals surface area contributed by atoms with Crippen molar-refractivity contribution >= 4 is 11.1 Å². The van der Waals surface area contributed by atoms with Crippen LogP contribution in [0.2, 0.25) is 0 Å². The van der Waals surface area contributed by atoms with E-state index in [1.807, 2.05) is 60.7 Å². The Hall–Kier alpha value is -4.70. The maximum Gasteiger partial charge on any atom is 0.127 e. The van der Waals surface area contributed by atoms with E-state index in [9.17, 15) is 8.78 Å². The fourth-order valence-electron chi connectivity index (χ4n) is 6.71. The first kappa shape index (κ1) is 32.8. The van der Waals surface area contributed by atoms with Crippen LogP contribution < -0.4 is 24.3 Å². The van der Waals surface area contributed by atoms with Crippen LogP contribution in [0.3, 0.4) is 0 Å². The van der Waals surface area contributed by atoms with Gasteiger partial charge in [0.05, 0.1) is 13.7 Å². The summed E-state index contributed by atoms with van der Waals surface area (Å²) in [6, 6.07) is 24.9. The second kappa shape index (κ2) is 14.8. The van der Waals surface area contributed by atoms with Gasteiger partial charge in [-0.1, -0.05) is 31.2 Å². The SMILES string of the molecule is CCNCC1=C(c2ccc(F)cc2)c2cc(OCC3CN(CC4=C(c5ccc(F)cc5)c5cc(OC)ccc5OC4)CCO3)ccc2OC1. The fourth-order valence-corrected chi connectivity index (χ4v) is 6.71. The molecule has 7 rings (SSSR count). The van der Waals surface area contributed by atoms with Gasteiger partial charge in [0.1, 0.15) is 60.6 Å². The molecule has 0 bridgehead atoms. The van der Waals surface area contributed by atoms with E-state index in [-0.39, 0.29) is 17.7 Å². The Morgan fingerprint density at radius 1 is 0.776 bits per heavy atom. The zero-order chi connectivity index (χ0) is 33.7. The van der Waals surface area contributed by atoms with Crippen LogP contribution in [0, 0.1) is 11.6 Å². The van der Waals surface area contributed by atoms with Crippen LogP contribution in [-0.4, -0.2) is 77.3 Å². The summed E-state index contributed by atoms with van der Waals surface area (Å²) >= 11 is 0. The molecule has 0 aromatic heterocycles. The number of hydrogen-bond donors (Lipinski definition) is 1. The summed E-state index contributed by atoms with van der Waals surface area (Å²) in [5.74, 6) is 2.44. The molecule has 254 valence electrons. The Bertz CT molecular complexity index is 1860. The highest BCUT2D eigenvalue weighted by molar-refractivity contribution is 5.88. The van der Waals surface area contributed by atoms with E-state index in [1.54, 1.807) is 7.11 Å². The molecule has 4 aromatic rings. The van der Waals surface area contributed by atoms with Crippen LogP contribution in [0.15, 0.2) is 96.1 Å². The molecule has 0 saturated carbocycles. The zero-order valence-electron chi connectivity index (χ0n) is 27.8. The lowest BCUT2D eigenvalue weighted by molar-refractivity contribution is -0.0456. The van der Waals surface area contributed by atoms with Crippen LogP contribution in [0.5, 0.6) is 23.0 Å². The average Bonchev–Trinajstić information content (AvgIpc) is 3.13. The van der Waals surface area contributed by atoms with Crippen LogP contribution in [-0.2, 0) is 4.74 Å². The van der Waals surface area contributed by atoms with Crippen molar-refractivity contribution in [1.82, 2.24) is 10.2 Å². The summed E-state index contributed by atoms with van der Waals surface area (Å²) in [5, 5.41) is 3.40. The number of rotatable bonds is 11. The van der Waals surface area contributed by atoms with Gasteiger partial charge in [0.15, 0.2) is 0 Å². The van der Waals surface area contributed by atoms with E-state index in [1.165, 1.54) is 24.3 Å². The Labute approximate surface area is 285 Å². The Morgan fingerprint density at radius 3 is 2.00 bits per heavy atom. The molecule has 1 fully saturated rings. The van der Waals surface area contributed by atoms with Gasteiger partial charge in [0.25, 0.3) is 0 Å². The van der Waals surface area contributed by atoms with Crippen LogP contribution in [0.25, 0.3) is 11.1 Å². The number of halogens is 2. The lowest BCUT2D eigenvalue weighted by Crippen LogP contribution is -2.46. The minimum atomic E-state index is -0.275. The second-order valence-electron chi connectivity index (χ2n) is 12.4. The number of benzene rings is 4. The number of methoxy groups -OCH3 is 1. The largest absolute Gasteiger partial charge is 0.497 e. The third-order valence-electron chi connectivity index (χ3n) is 9.11. The van der Waals surface area contributed by atoms with Gasteiger partial charge >= 0.3 is 0 Å². The van der Waals surface area contributed by atoms with Gasteiger partial charge in [0.2, 0.25) is 0 Å². The number of nitrogens with one attached hydrogen (secondary N) is 1. The molecule has 1 saturated heterocycles. The predicted octanol–water partition coefficient (Wildman–Crippen LogP) is 6.75. The molecule has 0 amide bonds. The molecule has 3 aliphatic rings. The van der Waals surface area contributed by atoms with E-state index >= 15 is 0 Å². The quantitative estimate of drug-likeness (QED) is 0.190. The van der Waals surface area contributed by atoms with E-state index in [0.717, 1.165) is 74.9 Å². The molecular formula is C40H40F2N2O5.